The summed E-state index contributed by atoms with van der Waals surface area (Å²) in [6, 6.07) is 6.41. The summed E-state index contributed by atoms with van der Waals surface area (Å²) in [5, 5.41) is 7.67. The number of aliphatic imine (C=N–C) groups is 1. The van der Waals surface area contributed by atoms with Crippen LogP contribution in [-0.2, 0) is 11.8 Å². The Labute approximate surface area is 160 Å². The van der Waals surface area contributed by atoms with E-state index in [1.807, 2.05) is 17.9 Å². The van der Waals surface area contributed by atoms with Crippen LogP contribution >= 0.6 is 0 Å². The second-order valence-electron chi connectivity index (χ2n) is 6.85. The summed E-state index contributed by atoms with van der Waals surface area (Å²) in [4.78, 5) is 7.08. The molecule has 146 valence electrons. The molecule has 1 N–H and O–H groups in total. The van der Waals surface area contributed by atoms with Crippen LogP contribution < -0.4 is 5.32 Å². The van der Waals surface area contributed by atoms with Crippen LogP contribution in [-0.4, -0.2) is 53.9 Å². The number of halogens is 1. The van der Waals surface area contributed by atoms with Crippen molar-refractivity contribution in [1.29, 1.82) is 0 Å². The second-order valence-corrected chi connectivity index (χ2v) is 6.85. The van der Waals surface area contributed by atoms with E-state index >= 15 is 0 Å². The van der Waals surface area contributed by atoms with Gasteiger partial charge in [-0.15, -0.1) is 0 Å². The fourth-order valence-corrected chi connectivity index (χ4v) is 3.46. The van der Waals surface area contributed by atoms with Crippen LogP contribution in [0.1, 0.15) is 36.5 Å². The molecule has 0 spiro atoms. The van der Waals surface area contributed by atoms with Crippen molar-refractivity contribution in [3.8, 4) is 0 Å². The van der Waals surface area contributed by atoms with Crippen molar-refractivity contribution < 1.29 is 9.13 Å². The van der Waals surface area contributed by atoms with E-state index in [0.29, 0.717) is 12.5 Å². The Morgan fingerprint density at radius 1 is 1.41 bits per heavy atom. The highest BCUT2D eigenvalue weighted by molar-refractivity contribution is 5.80. The molecule has 2 atom stereocenters. The van der Waals surface area contributed by atoms with Gasteiger partial charge in [0.2, 0.25) is 0 Å². The number of nitrogens with one attached hydrogen (secondary N) is 1. The van der Waals surface area contributed by atoms with E-state index in [1.165, 1.54) is 17.7 Å². The SMILES string of the molecule is CCNC(=NCC(OC)c1ccc(F)cc1)N1CCC(c2cnn(C)c2)C1. The number of aryl methyl sites for hydroxylation is 1. The van der Waals surface area contributed by atoms with Gasteiger partial charge in [0.25, 0.3) is 0 Å². The number of hydrogen-bond acceptors (Lipinski definition) is 3. The summed E-state index contributed by atoms with van der Waals surface area (Å²) in [7, 11) is 3.60. The molecule has 2 aromatic rings. The third kappa shape index (κ3) is 4.86. The molecular weight excluding hydrogens is 345 g/mol. The van der Waals surface area contributed by atoms with Gasteiger partial charge in [-0.05, 0) is 36.6 Å². The molecule has 0 saturated carbocycles. The summed E-state index contributed by atoms with van der Waals surface area (Å²) in [5.41, 5.74) is 2.20. The molecule has 1 saturated heterocycles. The van der Waals surface area contributed by atoms with Crippen LogP contribution in [0.2, 0.25) is 0 Å². The lowest BCUT2D eigenvalue weighted by Crippen LogP contribution is -2.40. The highest BCUT2D eigenvalue weighted by Crippen LogP contribution is 2.27. The molecule has 0 bridgehead atoms. The van der Waals surface area contributed by atoms with Gasteiger partial charge in [0.05, 0.1) is 12.7 Å². The zero-order chi connectivity index (χ0) is 19.2. The Hall–Kier alpha value is -2.41. The number of aromatic nitrogens is 2. The van der Waals surface area contributed by atoms with Crippen molar-refractivity contribution in [2.75, 3.05) is 33.3 Å². The topological polar surface area (TPSA) is 54.7 Å². The van der Waals surface area contributed by atoms with E-state index < -0.39 is 0 Å². The van der Waals surface area contributed by atoms with Gasteiger partial charge in [-0.2, -0.15) is 5.10 Å². The lowest BCUT2D eigenvalue weighted by Gasteiger charge is -2.22. The molecule has 7 heteroatoms. The van der Waals surface area contributed by atoms with Gasteiger partial charge in [-0.25, -0.2) is 4.39 Å². The van der Waals surface area contributed by atoms with Crippen LogP contribution in [0.25, 0.3) is 0 Å². The molecule has 6 nitrogen and oxygen atoms in total. The molecule has 0 radical (unpaired) electrons. The minimum Gasteiger partial charge on any atom is -0.375 e. The number of hydrogen-bond donors (Lipinski definition) is 1. The number of methoxy groups -OCH3 is 1. The maximum atomic E-state index is 13.2. The van der Waals surface area contributed by atoms with Crippen LogP contribution in [0.5, 0.6) is 0 Å². The maximum Gasteiger partial charge on any atom is 0.194 e. The normalized spacial score (nSPS) is 18.7. The highest BCUT2D eigenvalue weighted by atomic mass is 19.1. The number of nitrogens with zero attached hydrogens (tertiary/aromatic N) is 4. The molecule has 1 aliphatic rings. The molecule has 27 heavy (non-hydrogen) atoms. The maximum absolute atomic E-state index is 13.2. The lowest BCUT2D eigenvalue weighted by atomic mass is 10.0. The molecule has 2 heterocycles. The quantitative estimate of drug-likeness (QED) is 0.625. The van der Waals surface area contributed by atoms with Gasteiger partial charge in [-0.1, -0.05) is 12.1 Å². The van der Waals surface area contributed by atoms with Gasteiger partial charge in [0, 0.05) is 45.9 Å². The number of likely N-dealkylation sites (tertiary alicyclic amines) is 1. The van der Waals surface area contributed by atoms with E-state index in [9.17, 15) is 4.39 Å². The van der Waals surface area contributed by atoms with Gasteiger partial charge < -0.3 is 15.0 Å². The molecule has 0 amide bonds. The van der Waals surface area contributed by atoms with E-state index in [0.717, 1.165) is 37.6 Å². The molecule has 1 aliphatic heterocycles. The first-order valence-electron chi connectivity index (χ1n) is 9.40. The fourth-order valence-electron chi connectivity index (χ4n) is 3.46. The fraction of sp³-hybridized carbons (Fsp3) is 0.500. The number of benzene rings is 1. The molecule has 2 unspecified atom stereocenters. The van der Waals surface area contributed by atoms with Crippen molar-refractivity contribution in [2.24, 2.45) is 12.0 Å². The summed E-state index contributed by atoms with van der Waals surface area (Å²) < 4.78 is 20.6. The Balaban J connectivity index is 1.68. The Kier molecular flexibility index (Phi) is 6.45. The summed E-state index contributed by atoms with van der Waals surface area (Å²) in [6.07, 6.45) is 4.93. The minimum atomic E-state index is -0.246. The predicted molar refractivity (Wildman–Crippen MR) is 104 cm³/mol. The van der Waals surface area contributed by atoms with E-state index in [4.69, 9.17) is 9.73 Å². The number of guanidine groups is 1. The smallest absolute Gasteiger partial charge is 0.194 e. The third-order valence-electron chi connectivity index (χ3n) is 4.95. The molecule has 3 rings (SSSR count). The number of ether oxygens (including phenoxy) is 1. The Bertz CT molecular complexity index is 758. The molecule has 1 aromatic carbocycles. The lowest BCUT2D eigenvalue weighted by molar-refractivity contribution is 0.110. The zero-order valence-electron chi connectivity index (χ0n) is 16.2. The summed E-state index contributed by atoms with van der Waals surface area (Å²) >= 11 is 0. The van der Waals surface area contributed by atoms with Crippen molar-refractivity contribution in [2.45, 2.75) is 25.4 Å². The van der Waals surface area contributed by atoms with Gasteiger partial charge in [0.1, 0.15) is 11.9 Å². The van der Waals surface area contributed by atoms with Crippen molar-refractivity contribution in [3.05, 3.63) is 53.6 Å². The average molecular weight is 373 g/mol. The molecular formula is C20H28FN5O. The van der Waals surface area contributed by atoms with Crippen LogP contribution in [0.15, 0.2) is 41.7 Å². The van der Waals surface area contributed by atoms with E-state index in [1.54, 1.807) is 19.2 Å². The Morgan fingerprint density at radius 3 is 2.81 bits per heavy atom. The number of rotatable bonds is 6. The summed E-state index contributed by atoms with van der Waals surface area (Å²) in [5.74, 6) is 1.12. The van der Waals surface area contributed by atoms with Gasteiger partial charge in [0.15, 0.2) is 5.96 Å². The monoisotopic (exact) mass is 373 g/mol. The molecule has 1 aromatic heterocycles. The standard InChI is InChI=1S/C20H28FN5O/c1-4-22-20(23-12-19(27-3)15-5-7-18(21)8-6-15)26-10-9-16(14-26)17-11-24-25(2)13-17/h5-8,11,13,16,19H,4,9-10,12,14H2,1-3H3,(H,22,23). The largest absolute Gasteiger partial charge is 0.375 e. The minimum absolute atomic E-state index is 0.198. The van der Waals surface area contributed by atoms with Crippen LogP contribution in [0.4, 0.5) is 4.39 Å². The van der Waals surface area contributed by atoms with E-state index in [-0.39, 0.29) is 11.9 Å². The highest BCUT2D eigenvalue weighted by Gasteiger charge is 2.27. The molecule has 0 aliphatic carbocycles. The van der Waals surface area contributed by atoms with Gasteiger partial charge >= 0.3 is 0 Å². The van der Waals surface area contributed by atoms with E-state index in [2.05, 4.69) is 28.4 Å². The first kappa shape index (κ1) is 19.4. The average Bonchev–Trinajstić information content (AvgIpc) is 3.31. The second kappa shape index (κ2) is 8.99. The first-order chi connectivity index (χ1) is 13.1. The van der Waals surface area contributed by atoms with Crippen molar-refractivity contribution >= 4 is 5.96 Å². The zero-order valence-corrected chi connectivity index (χ0v) is 16.2. The van der Waals surface area contributed by atoms with Crippen molar-refractivity contribution in [3.63, 3.8) is 0 Å². The first-order valence-corrected chi connectivity index (χ1v) is 9.40. The third-order valence-corrected chi connectivity index (χ3v) is 4.95. The van der Waals surface area contributed by atoms with Crippen molar-refractivity contribution in [1.82, 2.24) is 20.0 Å². The molecule has 1 fully saturated rings. The van der Waals surface area contributed by atoms with Crippen LogP contribution in [0, 0.1) is 5.82 Å². The predicted octanol–water partition coefficient (Wildman–Crippen LogP) is 2.70. The summed E-state index contributed by atoms with van der Waals surface area (Å²) in [6.45, 7) is 5.24. The van der Waals surface area contributed by atoms with Crippen LogP contribution in [0.3, 0.4) is 0 Å². The van der Waals surface area contributed by atoms with Gasteiger partial charge in [-0.3, -0.25) is 9.67 Å². The Morgan fingerprint density at radius 2 is 2.19 bits per heavy atom.